The number of carbonyl (C=O) groups excluding carboxylic acids is 1. The maximum Gasteiger partial charge on any atom is 0.411 e. The second-order valence-corrected chi connectivity index (χ2v) is 4.47. The topological polar surface area (TPSA) is 38.3 Å². The molecule has 0 aromatic heterocycles. The summed E-state index contributed by atoms with van der Waals surface area (Å²) in [5.41, 5.74) is 2.47. The summed E-state index contributed by atoms with van der Waals surface area (Å²) in [5, 5.41) is 3.35. The molecule has 0 spiro atoms. The van der Waals surface area contributed by atoms with Crippen molar-refractivity contribution in [1.82, 2.24) is 0 Å². The monoisotopic (exact) mass is 287 g/mol. The highest BCUT2D eigenvalue weighted by molar-refractivity contribution is 6.32. The fourth-order valence-corrected chi connectivity index (χ4v) is 1.91. The molecule has 0 atom stereocenters. The number of hydrogen-bond acceptors (Lipinski definition) is 2. The molecule has 2 aromatic rings. The van der Waals surface area contributed by atoms with Crippen LogP contribution in [0.15, 0.2) is 48.5 Å². The lowest BCUT2D eigenvalue weighted by molar-refractivity contribution is 0.187. The molecule has 102 valence electrons. The maximum atomic E-state index is 11.3. The number of hydrogen-bond donors (Lipinski definition) is 1. The Labute approximate surface area is 122 Å². The lowest BCUT2D eigenvalue weighted by Crippen LogP contribution is -2.11. The second kappa shape index (κ2) is 6.78. The van der Waals surface area contributed by atoms with Crippen molar-refractivity contribution in [3.05, 3.63) is 64.7 Å². The van der Waals surface area contributed by atoms with Crippen molar-refractivity contribution in [3.63, 3.8) is 0 Å². The second-order valence-electron chi connectivity index (χ2n) is 4.06. The fourth-order valence-electron chi connectivity index (χ4n) is 1.71. The summed E-state index contributed by atoms with van der Waals surface area (Å²) in [6, 6.07) is 15.0. The van der Waals surface area contributed by atoms with Crippen LogP contribution in [0.3, 0.4) is 0 Å². The first-order chi connectivity index (χ1) is 9.70. The molecule has 2 rings (SSSR count). The molecule has 0 saturated carbocycles. The summed E-state index contributed by atoms with van der Waals surface area (Å²) in [7, 11) is 1.33. The van der Waals surface area contributed by atoms with Crippen LogP contribution >= 0.6 is 11.6 Å². The zero-order valence-electron chi connectivity index (χ0n) is 11.0. The molecule has 0 heterocycles. The van der Waals surface area contributed by atoms with Gasteiger partial charge in [0.1, 0.15) is 0 Å². The molecule has 4 heteroatoms. The molecule has 0 radical (unpaired) electrons. The molecule has 0 aliphatic rings. The lowest BCUT2D eigenvalue weighted by atomic mass is 10.1. The molecule has 0 aliphatic heterocycles. The number of ether oxygens (including phenoxy) is 1. The van der Waals surface area contributed by atoms with Gasteiger partial charge in [-0.15, -0.1) is 0 Å². The van der Waals surface area contributed by atoms with Crippen molar-refractivity contribution in [1.29, 1.82) is 0 Å². The average Bonchev–Trinajstić information content (AvgIpc) is 2.47. The van der Waals surface area contributed by atoms with E-state index in [9.17, 15) is 4.79 Å². The SMILES string of the molecule is COC(=O)Nc1ccccc1/C=C/c1ccccc1Cl. The number of halogens is 1. The Kier molecular flexibility index (Phi) is 4.80. The number of anilines is 1. The normalized spacial score (nSPS) is 10.5. The van der Waals surface area contributed by atoms with E-state index in [0.29, 0.717) is 10.7 Å². The summed E-state index contributed by atoms with van der Waals surface area (Å²) in [4.78, 5) is 11.3. The highest BCUT2D eigenvalue weighted by Crippen LogP contribution is 2.21. The van der Waals surface area contributed by atoms with Crippen LogP contribution in [0, 0.1) is 0 Å². The molecule has 2 aromatic carbocycles. The van der Waals surface area contributed by atoms with Crippen LogP contribution in [-0.2, 0) is 4.74 Å². The third kappa shape index (κ3) is 3.62. The van der Waals surface area contributed by atoms with Gasteiger partial charge in [-0.3, -0.25) is 5.32 Å². The number of benzene rings is 2. The molecular formula is C16H14ClNO2. The van der Waals surface area contributed by atoms with Crippen molar-refractivity contribution in [2.45, 2.75) is 0 Å². The van der Waals surface area contributed by atoms with E-state index in [-0.39, 0.29) is 0 Å². The Morgan fingerprint density at radius 3 is 2.35 bits per heavy atom. The predicted octanol–water partition coefficient (Wildman–Crippen LogP) is 4.69. The van der Waals surface area contributed by atoms with Crippen molar-refractivity contribution < 1.29 is 9.53 Å². The first-order valence-electron chi connectivity index (χ1n) is 6.07. The first-order valence-corrected chi connectivity index (χ1v) is 6.45. The van der Waals surface area contributed by atoms with Gasteiger partial charge in [-0.1, -0.05) is 60.2 Å². The Morgan fingerprint density at radius 1 is 1.05 bits per heavy atom. The van der Waals surface area contributed by atoms with Crippen LogP contribution in [0.2, 0.25) is 5.02 Å². The summed E-state index contributed by atoms with van der Waals surface area (Å²) < 4.78 is 4.60. The van der Waals surface area contributed by atoms with Crippen molar-refractivity contribution >= 4 is 35.5 Å². The van der Waals surface area contributed by atoms with Crippen molar-refractivity contribution in [2.75, 3.05) is 12.4 Å². The van der Waals surface area contributed by atoms with E-state index in [0.717, 1.165) is 11.1 Å². The van der Waals surface area contributed by atoms with Gasteiger partial charge < -0.3 is 4.74 Å². The molecule has 0 saturated heterocycles. The minimum absolute atomic E-state index is 0.497. The number of para-hydroxylation sites is 1. The van der Waals surface area contributed by atoms with Gasteiger partial charge in [0.25, 0.3) is 0 Å². The minimum atomic E-state index is -0.497. The fraction of sp³-hybridized carbons (Fsp3) is 0.0625. The Hall–Kier alpha value is -2.26. The van der Waals surface area contributed by atoms with E-state index in [4.69, 9.17) is 11.6 Å². The zero-order chi connectivity index (χ0) is 14.4. The largest absolute Gasteiger partial charge is 0.453 e. The molecule has 0 bridgehead atoms. The third-order valence-electron chi connectivity index (χ3n) is 2.73. The molecule has 1 amide bonds. The molecule has 20 heavy (non-hydrogen) atoms. The third-order valence-corrected chi connectivity index (χ3v) is 3.07. The van der Waals surface area contributed by atoms with Crippen molar-refractivity contribution in [2.24, 2.45) is 0 Å². The highest BCUT2D eigenvalue weighted by Gasteiger charge is 2.03. The van der Waals surface area contributed by atoms with Crippen LogP contribution < -0.4 is 5.32 Å². The molecule has 3 nitrogen and oxygen atoms in total. The van der Waals surface area contributed by atoms with Crippen LogP contribution in [0.5, 0.6) is 0 Å². The standard InChI is InChI=1S/C16H14ClNO2/c1-20-16(19)18-15-9-5-3-7-13(15)11-10-12-6-2-4-8-14(12)17/h2-11H,1H3,(H,18,19)/b11-10+. The smallest absolute Gasteiger partial charge is 0.411 e. The Morgan fingerprint density at radius 2 is 1.65 bits per heavy atom. The Balaban J connectivity index is 2.25. The number of amides is 1. The van der Waals surface area contributed by atoms with E-state index >= 15 is 0 Å². The van der Waals surface area contributed by atoms with E-state index in [2.05, 4.69) is 10.1 Å². The Bertz CT molecular complexity index is 638. The minimum Gasteiger partial charge on any atom is -0.453 e. The van der Waals surface area contributed by atoms with Gasteiger partial charge in [-0.2, -0.15) is 0 Å². The van der Waals surface area contributed by atoms with Crippen LogP contribution in [0.25, 0.3) is 12.2 Å². The first kappa shape index (κ1) is 14.2. The van der Waals surface area contributed by atoms with Gasteiger partial charge in [-0.05, 0) is 23.3 Å². The molecular weight excluding hydrogens is 274 g/mol. The van der Waals surface area contributed by atoms with Gasteiger partial charge >= 0.3 is 6.09 Å². The van der Waals surface area contributed by atoms with Gasteiger partial charge in [-0.25, -0.2) is 4.79 Å². The average molecular weight is 288 g/mol. The van der Waals surface area contributed by atoms with Gasteiger partial charge in [0.15, 0.2) is 0 Å². The number of methoxy groups -OCH3 is 1. The van der Waals surface area contributed by atoms with Crippen LogP contribution in [-0.4, -0.2) is 13.2 Å². The van der Waals surface area contributed by atoms with E-state index in [1.54, 1.807) is 0 Å². The van der Waals surface area contributed by atoms with E-state index in [1.165, 1.54) is 7.11 Å². The maximum absolute atomic E-state index is 11.3. The molecule has 0 fully saturated rings. The van der Waals surface area contributed by atoms with E-state index in [1.807, 2.05) is 60.7 Å². The molecule has 1 N–H and O–H groups in total. The van der Waals surface area contributed by atoms with Gasteiger partial charge in [0.05, 0.1) is 12.8 Å². The zero-order valence-corrected chi connectivity index (χ0v) is 11.7. The number of rotatable bonds is 3. The summed E-state index contributed by atoms with van der Waals surface area (Å²) >= 11 is 6.10. The van der Waals surface area contributed by atoms with Crippen LogP contribution in [0.4, 0.5) is 10.5 Å². The predicted molar refractivity (Wildman–Crippen MR) is 82.8 cm³/mol. The van der Waals surface area contributed by atoms with E-state index < -0.39 is 6.09 Å². The number of nitrogens with one attached hydrogen (secondary N) is 1. The summed E-state index contributed by atoms with van der Waals surface area (Å²) in [6.45, 7) is 0. The number of carbonyl (C=O) groups is 1. The quantitative estimate of drug-likeness (QED) is 0.832. The van der Waals surface area contributed by atoms with Gasteiger partial charge in [0.2, 0.25) is 0 Å². The van der Waals surface area contributed by atoms with Crippen LogP contribution in [0.1, 0.15) is 11.1 Å². The summed E-state index contributed by atoms with van der Waals surface area (Å²) in [6.07, 6.45) is 3.30. The van der Waals surface area contributed by atoms with Crippen molar-refractivity contribution in [3.8, 4) is 0 Å². The highest BCUT2D eigenvalue weighted by atomic mass is 35.5. The van der Waals surface area contributed by atoms with Gasteiger partial charge in [0, 0.05) is 5.02 Å². The summed E-state index contributed by atoms with van der Waals surface area (Å²) in [5.74, 6) is 0. The molecule has 0 unspecified atom stereocenters. The molecule has 0 aliphatic carbocycles. The lowest BCUT2D eigenvalue weighted by Gasteiger charge is -2.07.